The van der Waals surface area contributed by atoms with E-state index in [-0.39, 0.29) is 0 Å². The summed E-state index contributed by atoms with van der Waals surface area (Å²) in [5, 5.41) is 4.76. The van der Waals surface area contributed by atoms with Crippen molar-refractivity contribution in [1.29, 1.82) is 0 Å². The highest BCUT2D eigenvalue weighted by molar-refractivity contribution is 8.14. The summed E-state index contributed by atoms with van der Waals surface area (Å²) in [5.41, 5.74) is 0.589. The molecule has 1 atom stereocenters. The van der Waals surface area contributed by atoms with Crippen LogP contribution >= 0.6 is 11.8 Å². The molecule has 0 aromatic rings. The van der Waals surface area contributed by atoms with E-state index in [0.29, 0.717) is 11.5 Å². The lowest BCUT2D eigenvalue weighted by atomic mass is 10.1. The van der Waals surface area contributed by atoms with Crippen molar-refractivity contribution < 1.29 is 0 Å². The molecule has 2 rings (SSSR count). The van der Waals surface area contributed by atoms with Gasteiger partial charge in [-0.2, -0.15) is 0 Å². The molecule has 0 aromatic heterocycles. The lowest BCUT2D eigenvalue weighted by Gasteiger charge is -2.12. The fourth-order valence-corrected chi connectivity index (χ4v) is 3.25. The maximum absolute atomic E-state index is 4.75. The number of nitrogens with one attached hydrogen (secondary N) is 1. The van der Waals surface area contributed by atoms with Gasteiger partial charge in [0.1, 0.15) is 0 Å². The summed E-state index contributed by atoms with van der Waals surface area (Å²) in [6.45, 7) is 7.92. The number of hydrogen-bond donors (Lipinski definition) is 1. The zero-order valence-corrected chi connectivity index (χ0v) is 11.6. The average molecular weight is 240 g/mol. The first-order chi connectivity index (χ1) is 7.63. The number of amidine groups is 1. The van der Waals surface area contributed by atoms with Crippen LogP contribution in [0.25, 0.3) is 0 Å². The minimum Gasteiger partial charge on any atom is -0.361 e. The largest absolute Gasteiger partial charge is 0.361 e. The molecule has 1 saturated carbocycles. The number of rotatable bonds is 5. The molecule has 1 heterocycles. The fourth-order valence-electron chi connectivity index (χ4n) is 2.26. The van der Waals surface area contributed by atoms with Gasteiger partial charge in [0.05, 0.1) is 0 Å². The average Bonchev–Trinajstić information content (AvgIpc) is 2.90. The summed E-state index contributed by atoms with van der Waals surface area (Å²) in [4.78, 5) is 4.75. The van der Waals surface area contributed by atoms with Gasteiger partial charge in [0.25, 0.3) is 0 Å². The van der Waals surface area contributed by atoms with E-state index >= 15 is 0 Å². The van der Waals surface area contributed by atoms with Crippen LogP contribution in [0.2, 0.25) is 0 Å². The molecule has 1 unspecified atom stereocenters. The van der Waals surface area contributed by atoms with E-state index in [0.717, 1.165) is 12.5 Å². The van der Waals surface area contributed by atoms with Crippen molar-refractivity contribution in [2.24, 2.45) is 16.3 Å². The molecule has 2 nitrogen and oxygen atoms in total. The second-order valence-corrected chi connectivity index (χ2v) is 6.77. The molecule has 1 N–H and O–H groups in total. The molecular formula is C13H24N2S. The predicted molar refractivity (Wildman–Crippen MR) is 73.1 cm³/mol. The van der Waals surface area contributed by atoms with Gasteiger partial charge in [-0.1, -0.05) is 32.5 Å². The van der Waals surface area contributed by atoms with Gasteiger partial charge in [-0.25, -0.2) is 0 Å². The highest BCUT2D eigenvalue weighted by atomic mass is 32.2. The van der Waals surface area contributed by atoms with E-state index in [1.54, 1.807) is 0 Å². The first-order valence-electron chi connectivity index (χ1n) is 6.57. The van der Waals surface area contributed by atoms with E-state index in [9.17, 15) is 0 Å². The second kappa shape index (κ2) is 4.99. The van der Waals surface area contributed by atoms with Crippen LogP contribution < -0.4 is 5.32 Å². The Balaban J connectivity index is 1.77. The third kappa shape index (κ3) is 3.16. The van der Waals surface area contributed by atoms with Crippen LogP contribution in [0.3, 0.4) is 0 Å². The van der Waals surface area contributed by atoms with E-state index in [4.69, 9.17) is 4.99 Å². The Morgan fingerprint density at radius 1 is 1.50 bits per heavy atom. The topological polar surface area (TPSA) is 24.4 Å². The van der Waals surface area contributed by atoms with Crippen LogP contribution in [0.1, 0.15) is 46.5 Å². The molecule has 16 heavy (non-hydrogen) atoms. The predicted octanol–water partition coefficient (Wildman–Crippen LogP) is 3.28. The first-order valence-corrected chi connectivity index (χ1v) is 7.56. The van der Waals surface area contributed by atoms with Crippen LogP contribution in [0, 0.1) is 11.3 Å². The molecular weight excluding hydrogens is 216 g/mol. The molecule has 0 bridgehead atoms. The van der Waals surface area contributed by atoms with E-state index in [2.05, 4.69) is 26.1 Å². The highest BCUT2D eigenvalue weighted by Crippen LogP contribution is 2.48. The monoisotopic (exact) mass is 240 g/mol. The number of nitrogens with zero attached hydrogens (tertiary/aromatic N) is 1. The van der Waals surface area contributed by atoms with Crippen LogP contribution in [-0.2, 0) is 0 Å². The quantitative estimate of drug-likeness (QED) is 0.797. The van der Waals surface area contributed by atoms with Crippen LogP contribution in [-0.4, -0.2) is 23.5 Å². The molecule has 0 aromatic carbocycles. The van der Waals surface area contributed by atoms with Crippen LogP contribution in [0.5, 0.6) is 0 Å². The van der Waals surface area contributed by atoms with Crippen molar-refractivity contribution in [1.82, 2.24) is 5.32 Å². The summed E-state index contributed by atoms with van der Waals surface area (Å²) in [6.07, 6.45) is 5.34. The SMILES string of the molecule is CCC1(CN=C2NC(CC(C)C)CS2)CC1. The van der Waals surface area contributed by atoms with Crippen molar-refractivity contribution in [3.8, 4) is 0 Å². The van der Waals surface area contributed by atoms with Gasteiger partial charge in [0, 0.05) is 18.3 Å². The Labute approximate surface area is 104 Å². The zero-order chi connectivity index (χ0) is 11.6. The molecule has 2 aliphatic rings. The Kier molecular flexibility index (Phi) is 3.83. The Hall–Kier alpha value is -0.180. The summed E-state index contributed by atoms with van der Waals surface area (Å²) in [7, 11) is 0. The highest BCUT2D eigenvalue weighted by Gasteiger charge is 2.40. The number of aliphatic imine (C=N–C) groups is 1. The molecule has 0 radical (unpaired) electrons. The van der Waals surface area contributed by atoms with Crippen molar-refractivity contribution in [2.45, 2.75) is 52.5 Å². The van der Waals surface area contributed by atoms with Crippen molar-refractivity contribution in [3.63, 3.8) is 0 Å². The first kappa shape index (κ1) is 12.3. The lowest BCUT2D eigenvalue weighted by Crippen LogP contribution is -2.28. The Morgan fingerprint density at radius 3 is 2.81 bits per heavy atom. The molecule has 92 valence electrons. The third-order valence-electron chi connectivity index (χ3n) is 3.77. The van der Waals surface area contributed by atoms with E-state index < -0.39 is 0 Å². The molecule has 1 aliphatic carbocycles. The smallest absolute Gasteiger partial charge is 0.156 e. The van der Waals surface area contributed by atoms with Gasteiger partial charge in [0.2, 0.25) is 0 Å². The number of hydrogen-bond acceptors (Lipinski definition) is 2. The van der Waals surface area contributed by atoms with Crippen molar-refractivity contribution >= 4 is 16.9 Å². The minimum atomic E-state index is 0.589. The molecule has 0 amide bonds. The minimum absolute atomic E-state index is 0.589. The lowest BCUT2D eigenvalue weighted by molar-refractivity contribution is 0.494. The van der Waals surface area contributed by atoms with Crippen molar-refractivity contribution in [2.75, 3.05) is 12.3 Å². The maximum atomic E-state index is 4.75. The van der Waals surface area contributed by atoms with Gasteiger partial charge in [-0.3, -0.25) is 4.99 Å². The van der Waals surface area contributed by atoms with Crippen LogP contribution in [0.15, 0.2) is 4.99 Å². The summed E-state index contributed by atoms with van der Waals surface area (Å²) >= 11 is 1.91. The zero-order valence-electron chi connectivity index (χ0n) is 10.8. The molecule has 3 heteroatoms. The fraction of sp³-hybridized carbons (Fsp3) is 0.923. The number of thioether (sulfide) groups is 1. The normalized spacial score (nSPS) is 29.8. The Morgan fingerprint density at radius 2 is 2.25 bits per heavy atom. The van der Waals surface area contributed by atoms with E-state index in [1.807, 2.05) is 11.8 Å². The molecule has 0 spiro atoms. The van der Waals surface area contributed by atoms with Gasteiger partial charge >= 0.3 is 0 Å². The molecule has 1 aliphatic heterocycles. The van der Waals surface area contributed by atoms with Gasteiger partial charge < -0.3 is 5.32 Å². The molecule has 2 fully saturated rings. The summed E-state index contributed by atoms with van der Waals surface area (Å²) < 4.78 is 0. The standard InChI is InChI=1S/C13H24N2S/c1-4-13(5-6-13)9-14-12-15-11(8-16-12)7-10(2)3/h10-11H,4-9H2,1-3H3,(H,14,15). The van der Waals surface area contributed by atoms with Gasteiger partial charge in [-0.05, 0) is 37.0 Å². The second-order valence-electron chi connectivity index (χ2n) is 5.76. The van der Waals surface area contributed by atoms with Crippen LogP contribution in [0.4, 0.5) is 0 Å². The van der Waals surface area contributed by atoms with Gasteiger partial charge in [0.15, 0.2) is 5.17 Å². The summed E-state index contributed by atoms with van der Waals surface area (Å²) in [5.74, 6) is 1.98. The van der Waals surface area contributed by atoms with E-state index in [1.165, 1.54) is 36.6 Å². The maximum Gasteiger partial charge on any atom is 0.156 e. The summed E-state index contributed by atoms with van der Waals surface area (Å²) in [6, 6.07) is 0.653. The van der Waals surface area contributed by atoms with Gasteiger partial charge in [-0.15, -0.1) is 0 Å². The third-order valence-corrected chi connectivity index (χ3v) is 4.86. The molecule has 1 saturated heterocycles. The Bertz CT molecular complexity index is 269. The van der Waals surface area contributed by atoms with Crippen molar-refractivity contribution in [3.05, 3.63) is 0 Å².